The van der Waals surface area contributed by atoms with Crippen molar-refractivity contribution in [2.45, 2.75) is 6.55 Å². The lowest BCUT2D eigenvalue weighted by molar-refractivity contribution is -0.113. The van der Waals surface area contributed by atoms with Crippen molar-refractivity contribution in [3.63, 3.8) is 0 Å². The average molecular weight is 237 g/mol. The summed E-state index contributed by atoms with van der Waals surface area (Å²) in [6.45, 7) is -2.94. The van der Waals surface area contributed by atoms with E-state index in [9.17, 15) is 18.4 Å². The molecule has 0 aliphatic carbocycles. The average Bonchev–Trinajstić information content (AvgIpc) is 2.20. The number of nitrogens with zero attached hydrogens (tertiary/aromatic N) is 1. The van der Waals surface area contributed by atoms with Gasteiger partial charge in [0, 0.05) is 6.20 Å². The minimum Gasteiger partial charge on any atom is -0.320 e. The maximum Gasteiger partial charge on any atom is 0.321 e. The Bertz CT molecular complexity index is 419. The quantitative estimate of drug-likeness (QED) is 0.807. The maximum absolute atomic E-state index is 12.3. The van der Waals surface area contributed by atoms with Gasteiger partial charge >= 0.3 is 6.55 Å². The molecule has 0 atom stereocenters. The summed E-state index contributed by atoms with van der Waals surface area (Å²) in [5.74, 6) is -0.969. The van der Waals surface area contributed by atoms with Crippen molar-refractivity contribution in [1.82, 2.24) is 4.57 Å². The SMILES string of the molecule is O=C(CCl)Nc1cccn(C(F)F)c1=O. The number of hydrogen-bond acceptors (Lipinski definition) is 2. The molecule has 1 aromatic rings. The number of alkyl halides is 3. The Morgan fingerprint density at radius 1 is 1.60 bits per heavy atom. The molecule has 0 saturated carbocycles. The first kappa shape index (κ1) is 11.6. The molecule has 82 valence electrons. The van der Waals surface area contributed by atoms with E-state index in [2.05, 4.69) is 5.32 Å². The van der Waals surface area contributed by atoms with E-state index in [-0.39, 0.29) is 16.1 Å². The van der Waals surface area contributed by atoms with E-state index in [0.717, 1.165) is 6.20 Å². The molecule has 0 bridgehead atoms. The van der Waals surface area contributed by atoms with Crippen LogP contribution in [0.1, 0.15) is 6.55 Å². The molecule has 1 N–H and O–H groups in total. The van der Waals surface area contributed by atoms with E-state index >= 15 is 0 Å². The van der Waals surface area contributed by atoms with Crippen LogP contribution >= 0.6 is 11.6 Å². The second-order valence-electron chi connectivity index (χ2n) is 2.59. The molecule has 1 heterocycles. The molecule has 0 aliphatic rings. The van der Waals surface area contributed by atoms with E-state index < -0.39 is 18.0 Å². The number of amides is 1. The highest BCUT2D eigenvalue weighted by molar-refractivity contribution is 6.29. The zero-order valence-electron chi connectivity index (χ0n) is 7.41. The van der Waals surface area contributed by atoms with E-state index in [1.165, 1.54) is 12.1 Å². The molecule has 4 nitrogen and oxygen atoms in total. The Morgan fingerprint density at radius 2 is 2.27 bits per heavy atom. The van der Waals surface area contributed by atoms with E-state index in [0.29, 0.717) is 0 Å². The van der Waals surface area contributed by atoms with E-state index in [4.69, 9.17) is 11.6 Å². The van der Waals surface area contributed by atoms with Crippen LogP contribution in [0.15, 0.2) is 23.1 Å². The monoisotopic (exact) mass is 236 g/mol. The van der Waals surface area contributed by atoms with Crippen molar-refractivity contribution in [3.8, 4) is 0 Å². The van der Waals surface area contributed by atoms with Gasteiger partial charge in [0.05, 0.1) is 0 Å². The van der Waals surface area contributed by atoms with Crippen molar-refractivity contribution < 1.29 is 13.6 Å². The summed E-state index contributed by atoms with van der Waals surface area (Å²) in [6.07, 6.45) is 0.934. The predicted molar refractivity (Wildman–Crippen MR) is 51.3 cm³/mol. The highest BCUT2D eigenvalue weighted by Crippen LogP contribution is 2.08. The lowest BCUT2D eigenvalue weighted by Gasteiger charge is -2.06. The maximum atomic E-state index is 12.3. The minimum absolute atomic E-state index is 0.212. The highest BCUT2D eigenvalue weighted by Gasteiger charge is 2.11. The topological polar surface area (TPSA) is 51.1 Å². The zero-order chi connectivity index (χ0) is 11.4. The Hall–Kier alpha value is -1.43. The molecule has 7 heteroatoms. The summed E-state index contributed by atoms with van der Waals surface area (Å²) in [7, 11) is 0. The van der Waals surface area contributed by atoms with Crippen LogP contribution in [-0.2, 0) is 4.79 Å². The van der Waals surface area contributed by atoms with Crippen LogP contribution in [0.2, 0.25) is 0 Å². The smallest absolute Gasteiger partial charge is 0.320 e. The van der Waals surface area contributed by atoms with Crippen LogP contribution in [-0.4, -0.2) is 16.4 Å². The van der Waals surface area contributed by atoms with Crippen LogP contribution in [0.25, 0.3) is 0 Å². The summed E-state index contributed by atoms with van der Waals surface area (Å²) in [6, 6.07) is 2.46. The Morgan fingerprint density at radius 3 is 2.80 bits per heavy atom. The first-order valence-electron chi connectivity index (χ1n) is 3.91. The van der Waals surface area contributed by atoms with Crippen molar-refractivity contribution in [3.05, 3.63) is 28.7 Å². The van der Waals surface area contributed by atoms with Crippen LogP contribution in [0.3, 0.4) is 0 Å². The minimum atomic E-state index is -2.94. The number of rotatable bonds is 3. The van der Waals surface area contributed by atoms with Crippen LogP contribution in [0, 0.1) is 0 Å². The Balaban J connectivity index is 3.05. The molecule has 0 aromatic carbocycles. The third-order valence-electron chi connectivity index (χ3n) is 1.58. The third-order valence-corrected chi connectivity index (χ3v) is 1.82. The van der Waals surface area contributed by atoms with E-state index in [1.807, 2.05) is 0 Å². The first-order chi connectivity index (χ1) is 7.06. The normalized spacial score (nSPS) is 10.4. The van der Waals surface area contributed by atoms with Crippen molar-refractivity contribution in [1.29, 1.82) is 0 Å². The summed E-state index contributed by atoms with van der Waals surface area (Å²) >= 11 is 5.19. The van der Waals surface area contributed by atoms with Gasteiger partial charge < -0.3 is 5.32 Å². The van der Waals surface area contributed by atoms with Gasteiger partial charge in [-0.1, -0.05) is 0 Å². The molecule has 0 aliphatic heterocycles. The fourth-order valence-electron chi connectivity index (χ4n) is 0.942. The van der Waals surface area contributed by atoms with Gasteiger partial charge in [-0.15, -0.1) is 11.6 Å². The standard InChI is InChI=1S/C8H7ClF2N2O2/c9-4-6(14)12-5-2-1-3-13(7(5)15)8(10)11/h1-3,8H,4H2,(H,12,14). The zero-order valence-corrected chi connectivity index (χ0v) is 8.17. The molecule has 1 rings (SSSR count). The number of anilines is 1. The van der Waals surface area contributed by atoms with Crippen molar-refractivity contribution >= 4 is 23.2 Å². The first-order valence-corrected chi connectivity index (χ1v) is 4.45. The molecule has 0 fully saturated rings. The van der Waals surface area contributed by atoms with Gasteiger partial charge in [0.1, 0.15) is 11.6 Å². The number of pyridine rings is 1. The van der Waals surface area contributed by atoms with Crippen molar-refractivity contribution in [2.75, 3.05) is 11.2 Å². The van der Waals surface area contributed by atoms with Crippen LogP contribution in [0.4, 0.5) is 14.5 Å². The second kappa shape index (κ2) is 4.88. The molecule has 0 spiro atoms. The molecule has 15 heavy (non-hydrogen) atoms. The van der Waals surface area contributed by atoms with Gasteiger partial charge in [0.25, 0.3) is 5.56 Å². The number of nitrogens with one attached hydrogen (secondary N) is 1. The van der Waals surface area contributed by atoms with Gasteiger partial charge in [-0.25, -0.2) is 0 Å². The summed E-state index contributed by atoms with van der Waals surface area (Å²) in [5.41, 5.74) is -1.19. The third kappa shape index (κ3) is 2.76. The van der Waals surface area contributed by atoms with Crippen LogP contribution < -0.4 is 10.9 Å². The van der Waals surface area contributed by atoms with Crippen LogP contribution in [0.5, 0.6) is 0 Å². The fraction of sp³-hybridized carbons (Fsp3) is 0.250. The summed E-state index contributed by atoms with van der Waals surface area (Å²) in [5, 5.41) is 2.12. The molecular weight excluding hydrogens is 230 g/mol. The van der Waals surface area contributed by atoms with Crippen molar-refractivity contribution in [2.24, 2.45) is 0 Å². The van der Waals surface area contributed by atoms with Gasteiger partial charge in [0.15, 0.2) is 0 Å². The fourth-order valence-corrected chi connectivity index (χ4v) is 1.01. The highest BCUT2D eigenvalue weighted by atomic mass is 35.5. The van der Waals surface area contributed by atoms with Gasteiger partial charge in [-0.05, 0) is 12.1 Å². The number of carbonyl (C=O) groups excluding carboxylic acids is 1. The molecule has 0 unspecified atom stereocenters. The molecule has 0 radical (unpaired) electrons. The lowest BCUT2D eigenvalue weighted by Crippen LogP contribution is -2.26. The van der Waals surface area contributed by atoms with Gasteiger partial charge in [-0.2, -0.15) is 8.78 Å². The van der Waals surface area contributed by atoms with Gasteiger partial charge in [-0.3, -0.25) is 14.2 Å². The number of halogens is 3. The number of hydrogen-bond donors (Lipinski definition) is 1. The predicted octanol–water partition coefficient (Wildman–Crippen LogP) is 1.42. The van der Waals surface area contributed by atoms with Gasteiger partial charge in [0.2, 0.25) is 5.91 Å². The second-order valence-corrected chi connectivity index (χ2v) is 2.86. The number of carbonyl (C=O) groups is 1. The number of aromatic nitrogens is 1. The molecule has 1 amide bonds. The Kier molecular flexibility index (Phi) is 3.79. The Labute approximate surface area is 88.5 Å². The molecule has 0 saturated heterocycles. The summed E-state index contributed by atoms with van der Waals surface area (Å²) in [4.78, 5) is 22.1. The molecular formula is C8H7ClF2N2O2. The largest absolute Gasteiger partial charge is 0.321 e. The summed E-state index contributed by atoms with van der Waals surface area (Å²) < 4.78 is 24.7. The molecule has 1 aromatic heterocycles. The van der Waals surface area contributed by atoms with E-state index in [1.54, 1.807) is 0 Å². The lowest BCUT2D eigenvalue weighted by atomic mass is 10.4.